The van der Waals surface area contributed by atoms with Gasteiger partial charge in [-0.1, -0.05) is 13.8 Å². The van der Waals surface area contributed by atoms with Gasteiger partial charge in [0.2, 0.25) is 17.8 Å². The maximum Gasteiger partial charge on any atom is 0.219 e. The molecule has 3 aromatic rings. The molecule has 2 saturated heterocycles. The van der Waals surface area contributed by atoms with Crippen molar-refractivity contribution >= 4 is 34.8 Å². The maximum absolute atomic E-state index is 12.1. The molecule has 0 spiro atoms. The molecule has 2 fully saturated rings. The standard InChI is InChI=1S/C24H34N10O2/c1-15(2)13-34-22-19(28-24(34)32-5-6-33(17(4)35)16(3)14-32)21(31-7-9-36-10-8-31)29-20(30-22)18-11-26-23(25)27-12-18/h11-12,15-16H,5-10,13-14H2,1-4H3,(H2,25,26,27)/t16-/m0/s1. The van der Waals surface area contributed by atoms with Gasteiger partial charge in [-0.05, 0) is 12.8 Å². The Labute approximate surface area is 210 Å². The van der Waals surface area contributed by atoms with Gasteiger partial charge >= 0.3 is 0 Å². The molecular weight excluding hydrogens is 460 g/mol. The lowest BCUT2D eigenvalue weighted by atomic mass is 10.2. The zero-order chi connectivity index (χ0) is 25.4. The van der Waals surface area contributed by atoms with Gasteiger partial charge in [-0.3, -0.25) is 9.36 Å². The minimum atomic E-state index is 0.0934. The number of anilines is 3. The van der Waals surface area contributed by atoms with Crippen molar-refractivity contribution in [1.29, 1.82) is 0 Å². The number of amides is 1. The summed E-state index contributed by atoms with van der Waals surface area (Å²) in [7, 11) is 0. The van der Waals surface area contributed by atoms with Crippen molar-refractivity contribution in [3.63, 3.8) is 0 Å². The van der Waals surface area contributed by atoms with Gasteiger partial charge in [0.1, 0.15) is 0 Å². The summed E-state index contributed by atoms with van der Waals surface area (Å²) in [6, 6.07) is 0.0934. The van der Waals surface area contributed by atoms with E-state index in [-0.39, 0.29) is 17.9 Å². The van der Waals surface area contributed by atoms with Crippen molar-refractivity contribution in [2.45, 2.75) is 40.3 Å². The molecule has 2 N–H and O–H groups in total. The summed E-state index contributed by atoms with van der Waals surface area (Å²) in [5, 5.41) is 0. The summed E-state index contributed by atoms with van der Waals surface area (Å²) in [5.74, 6) is 2.88. The Morgan fingerprint density at radius 1 is 1.08 bits per heavy atom. The molecule has 2 aliphatic heterocycles. The SMILES string of the molecule is CC(=O)N1CCN(c2nc3c(N4CCOCC4)nc(-c4cnc(N)nc4)nc3n2CC(C)C)C[C@@H]1C. The van der Waals surface area contributed by atoms with Crippen LogP contribution in [-0.2, 0) is 16.1 Å². The average molecular weight is 495 g/mol. The van der Waals surface area contributed by atoms with E-state index in [1.807, 2.05) is 4.90 Å². The Morgan fingerprint density at radius 2 is 1.81 bits per heavy atom. The molecule has 0 saturated carbocycles. The van der Waals surface area contributed by atoms with E-state index < -0.39 is 0 Å². The first kappa shape index (κ1) is 24.2. The monoisotopic (exact) mass is 494 g/mol. The average Bonchev–Trinajstić information content (AvgIpc) is 3.22. The van der Waals surface area contributed by atoms with E-state index in [1.54, 1.807) is 19.3 Å². The molecule has 36 heavy (non-hydrogen) atoms. The molecule has 0 unspecified atom stereocenters. The molecule has 5 rings (SSSR count). The van der Waals surface area contributed by atoms with E-state index in [9.17, 15) is 4.79 Å². The second-order valence-corrected chi connectivity index (χ2v) is 9.90. The molecule has 2 aliphatic rings. The highest BCUT2D eigenvalue weighted by molar-refractivity contribution is 5.88. The topological polar surface area (TPSA) is 131 Å². The van der Waals surface area contributed by atoms with Crippen molar-refractivity contribution in [2.24, 2.45) is 5.92 Å². The van der Waals surface area contributed by atoms with E-state index in [2.05, 4.69) is 45.1 Å². The molecule has 5 heterocycles. The van der Waals surface area contributed by atoms with Crippen molar-refractivity contribution in [1.82, 2.24) is 34.4 Å². The molecule has 0 aromatic carbocycles. The molecule has 1 amide bonds. The molecular formula is C24H34N10O2. The predicted octanol–water partition coefficient (Wildman–Crippen LogP) is 1.42. The van der Waals surface area contributed by atoms with E-state index in [0.717, 1.165) is 42.6 Å². The zero-order valence-corrected chi connectivity index (χ0v) is 21.4. The molecule has 0 aliphatic carbocycles. The lowest BCUT2D eigenvalue weighted by molar-refractivity contribution is -0.131. The Balaban J connectivity index is 1.66. The predicted molar refractivity (Wildman–Crippen MR) is 138 cm³/mol. The number of carbonyl (C=O) groups is 1. The summed E-state index contributed by atoms with van der Waals surface area (Å²) in [4.78, 5) is 41.8. The third kappa shape index (κ3) is 4.64. The van der Waals surface area contributed by atoms with Crippen molar-refractivity contribution in [3.05, 3.63) is 12.4 Å². The number of nitrogen functional groups attached to an aromatic ring is 1. The number of morpholine rings is 1. The van der Waals surface area contributed by atoms with Crippen molar-refractivity contribution in [2.75, 3.05) is 61.5 Å². The van der Waals surface area contributed by atoms with Crippen LogP contribution in [0.5, 0.6) is 0 Å². The minimum Gasteiger partial charge on any atom is -0.378 e. The molecule has 0 radical (unpaired) electrons. The largest absolute Gasteiger partial charge is 0.378 e. The number of nitrogens with two attached hydrogens (primary N) is 1. The fourth-order valence-corrected chi connectivity index (χ4v) is 4.93. The van der Waals surface area contributed by atoms with Gasteiger partial charge in [0.05, 0.1) is 18.8 Å². The molecule has 192 valence electrons. The summed E-state index contributed by atoms with van der Waals surface area (Å²) in [6.45, 7) is 13.6. The normalized spacial score (nSPS) is 18.9. The number of piperazine rings is 1. The third-order valence-electron chi connectivity index (χ3n) is 6.66. The van der Waals surface area contributed by atoms with Crippen LogP contribution in [0.25, 0.3) is 22.6 Å². The summed E-state index contributed by atoms with van der Waals surface area (Å²) in [5.41, 5.74) is 7.97. The fourth-order valence-electron chi connectivity index (χ4n) is 4.93. The zero-order valence-electron chi connectivity index (χ0n) is 21.4. The van der Waals surface area contributed by atoms with Crippen LogP contribution in [0.4, 0.5) is 17.7 Å². The van der Waals surface area contributed by atoms with Crippen LogP contribution in [0, 0.1) is 5.92 Å². The molecule has 3 aromatic heterocycles. The number of fused-ring (bicyclic) bond motifs is 1. The van der Waals surface area contributed by atoms with Crippen molar-refractivity contribution in [3.8, 4) is 11.4 Å². The third-order valence-corrected chi connectivity index (χ3v) is 6.66. The van der Waals surface area contributed by atoms with Crippen LogP contribution in [0.3, 0.4) is 0 Å². The Bertz CT molecular complexity index is 1240. The number of carbonyl (C=O) groups excluding carboxylic acids is 1. The molecule has 12 heteroatoms. The van der Waals surface area contributed by atoms with Gasteiger partial charge in [0, 0.05) is 64.6 Å². The fraction of sp³-hybridized carbons (Fsp3) is 0.583. The number of imidazole rings is 1. The van der Waals surface area contributed by atoms with Gasteiger partial charge < -0.3 is 25.2 Å². The molecule has 1 atom stereocenters. The number of hydrogen-bond donors (Lipinski definition) is 1. The van der Waals surface area contributed by atoms with Gasteiger partial charge in [0.25, 0.3) is 0 Å². The quantitative estimate of drug-likeness (QED) is 0.555. The number of rotatable bonds is 5. The highest BCUT2D eigenvalue weighted by atomic mass is 16.5. The minimum absolute atomic E-state index is 0.0934. The number of hydrogen-bond acceptors (Lipinski definition) is 10. The van der Waals surface area contributed by atoms with E-state index in [4.69, 9.17) is 25.4 Å². The van der Waals surface area contributed by atoms with Gasteiger partial charge in [0.15, 0.2) is 22.8 Å². The first-order valence-corrected chi connectivity index (χ1v) is 12.5. The van der Waals surface area contributed by atoms with Crippen molar-refractivity contribution < 1.29 is 9.53 Å². The van der Waals surface area contributed by atoms with Crippen LogP contribution in [0.15, 0.2) is 12.4 Å². The number of nitrogens with zero attached hydrogens (tertiary/aromatic N) is 9. The highest BCUT2D eigenvalue weighted by Crippen LogP contribution is 2.32. The van der Waals surface area contributed by atoms with Crippen LogP contribution in [0.2, 0.25) is 0 Å². The smallest absolute Gasteiger partial charge is 0.219 e. The van der Waals surface area contributed by atoms with Gasteiger partial charge in [-0.2, -0.15) is 0 Å². The highest BCUT2D eigenvalue weighted by Gasteiger charge is 2.31. The lowest BCUT2D eigenvalue weighted by Crippen LogP contribution is -2.54. The van der Waals surface area contributed by atoms with Gasteiger partial charge in [-0.15, -0.1) is 0 Å². The Kier molecular flexibility index (Phi) is 6.61. The summed E-state index contributed by atoms with van der Waals surface area (Å²) < 4.78 is 7.79. The first-order chi connectivity index (χ1) is 17.3. The first-order valence-electron chi connectivity index (χ1n) is 12.5. The van der Waals surface area contributed by atoms with E-state index in [0.29, 0.717) is 50.2 Å². The summed E-state index contributed by atoms with van der Waals surface area (Å²) in [6.07, 6.45) is 3.30. The van der Waals surface area contributed by atoms with Crippen LogP contribution < -0.4 is 15.5 Å². The maximum atomic E-state index is 12.1. The Morgan fingerprint density at radius 3 is 2.44 bits per heavy atom. The van der Waals surface area contributed by atoms with Crippen LogP contribution in [-0.4, -0.2) is 92.3 Å². The summed E-state index contributed by atoms with van der Waals surface area (Å²) >= 11 is 0. The Hall–Kier alpha value is -3.54. The lowest BCUT2D eigenvalue weighted by Gasteiger charge is -2.40. The number of aromatic nitrogens is 6. The van der Waals surface area contributed by atoms with Crippen LogP contribution in [0.1, 0.15) is 27.7 Å². The van der Waals surface area contributed by atoms with Gasteiger partial charge in [-0.25, -0.2) is 24.9 Å². The van der Waals surface area contributed by atoms with E-state index in [1.165, 1.54) is 0 Å². The molecule has 12 nitrogen and oxygen atoms in total. The number of ether oxygens (including phenoxy) is 1. The second-order valence-electron chi connectivity index (χ2n) is 9.90. The second kappa shape index (κ2) is 9.84. The van der Waals surface area contributed by atoms with E-state index >= 15 is 0 Å². The van der Waals surface area contributed by atoms with Crippen LogP contribution >= 0.6 is 0 Å². The molecule has 0 bridgehead atoms.